The zero-order chi connectivity index (χ0) is 21.9. The predicted molar refractivity (Wildman–Crippen MR) is 121 cm³/mol. The fourth-order valence-corrected chi connectivity index (χ4v) is 4.85. The number of hydrogen-bond donors (Lipinski definition) is 1. The van der Waals surface area contributed by atoms with Gasteiger partial charge in [-0.25, -0.2) is 0 Å². The van der Waals surface area contributed by atoms with Gasteiger partial charge >= 0.3 is 0 Å². The van der Waals surface area contributed by atoms with Gasteiger partial charge in [-0.15, -0.1) is 0 Å². The lowest BCUT2D eigenvalue weighted by Gasteiger charge is -2.37. The monoisotopic (exact) mass is 534 g/mol. The van der Waals surface area contributed by atoms with Gasteiger partial charge in [0.15, 0.2) is 17.3 Å². The summed E-state index contributed by atoms with van der Waals surface area (Å²) in [6.07, 6.45) is -0.0675. The van der Waals surface area contributed by atoms with E-state index in [1.54, 1.807) is 32.4 Å². The second-order valence-electron chi connectivity index (χ2n) is 8.22. The van der Waals surface area contributed by atoms with E-state index in [0.717, 1.165) is 11.1 Å². The van der Waals surface area contributed by atoms with E-state index < -0.39 is 15.4 Å². The molecule has 3 aliphatic rings. The molecule has 4 atom stereocenters. The summed E-state index contributed by atoms with van der Waals surface area (Å²) in [6, 6.07) is 7.15. The Morgan fingerprint density at radius 2 is 1.90 bits per heavy atom. The molecule has 0 aliphatic carbocycles. The van der Waals surface area contributed by atoms with Crippen LogP contribution in [0.3, 0.4) is 0 Å². The molecule has 0 bridgehead atoms. The zero-order valence-corrected chi connectivity index (χ0v) is 19.6. The molecule has 0 saturated heterocycles. The Kier molecular flexibility index (Phi) is 4.97. The molecule has 0 saturated carbocycles. The third-order valence-electron chi connectivity index (χ3n) is 6.30. The highest BCUT2D eigenvalue weighted by Gasteiger charge is 2.47. The number of aliphatic hydroxyl groups excluding tert-OH is 1. The van der Waals surface area contributed by atoms with Crippen LogP contribution in [0.25, 0.3) is 0 Å². The number of carbonyl (C=O) groups excluding carboxylic acids is 1. The van der Waals surface area contributed by atoms with Crippen LogP contribution in [0.2, 0.25) is 0 Å². The molecule has 0 radical (unpaired) electrons. The maximum Gasteiger partial charge on any atom is 0.178 e. The van der Waals surface area contributed by atoms with Crippen molar-refractivity contribution in [1.82, 2.24) is 0 Å². The summed E-state index contributed by atoms with van der Waals surface area (Å²) in [7, 11) is 3.13. The topological polar surface area (TPSA) is 83.5 Å². The Morgan fingerprint density at radius 3 is 2.61 bits per heavy atom. The summed E-state index contributed by atoms with van der Waals surface area (Å²) in [5, 5.41) is 9.73. The summed E-state index contributed by atoms with van der Waals surface area (Å²) in [5.41, 5.74) is 2.16. The average molecular weight is 534 g/mol. The second kappa shape index (κ2) is 7.44. The summed E-state index contributed by atoms with van der Waals surface area (Å²) in [4.78, 5) is 13.6. The van der Waals surface area contributed by atoms with Crippen LogP contribution in [0.1, 0.15) is 34.3 Å². The van der Waals surface area contributed by atoms with Crippen LogP contribution in [0.4, 0.5) is 0 Å². The molecule has 3 heterocycles. The smallest absolute Gasteiger partial charge is 0.178 e. The Bertz CT molecular complexity index is 1060. The normalized spacial score (nSPS) is 24.9. The van der Waals surface area contributed by atoms with Crippen molar-refractivity contribution in [2.24, 2.45) is 0 Å². The van der Waals surface area contributed by atoms with Crippen molar-refractivity contribution >= 4 is 28.4 Å². The van der Waals surface area contributed by atoms with Gasteiger partial charge in [0.2, 0.25) is 0 Å². The number of ketones is 1. The number of hydrogen-bond acceptors (Lipinski definition) is 7. The van der Waals surface area contributed by atoms with Crippen LogP contribution in [0, 0.1) is 0 Å². The highest BCUT2D eigenvalue weighted by atomic mass is 123. The molecule has 31 heavy (non-hydrogen) atoms. The summed E-state index contributed by atoms with van der Waals surface area (Å²) < 4.78 is 28.8. The second-order valence-corrected chi connectivity index (χ2v) is 10.7. The third-order valence-corrected chi connectivity index (χ3v) is 7.34. The van der Waals surface area contributed by atoms with Crippen molar-refractivity contribution in [3.8, 4) is 28.7 Å². The van der Waals surface area contributed by atoms with Gasteiger partial charge < -0.3 is 28.8 Å². The predicted octanol–water partition coefficient (Wildman–Crippen LogP) is 3.31. The highest BCUT2D eigenvalue weighted by molar-refractivity contribution is 14.1. The van der Waals surface area contributed by atoms with Gasteiger partial charge in [0.25, 0.3) is 0 Å². The summed E-state index contributed by atoms with van der Waals surface area (Å²) in [6.45, 7) is 2.20. The van der Waals surface area contributed by atoms with Crippen LogP contribution in [-0.2, 0) is 6.42 Å². The van der Waals surface area contributed by atoms with Gasteiger partial charge in [-0.1, -0.05) is 22.6 Å². The fourth-order valence-electron chi connectivity index (χ4n) is 4.50. The molecule has 3 aliphatic heterocycles. The molecule has 0 spiro atoms. The lowest BCUT2D eigenvalue weighted by atomic mass is 9.81. The Morgan fingerprint density at radius 1 is 1.16 bits per heavy atom. The molecule has 5 rings (SSSR count). The molecule has 7 nitrogen and oxygen atoms in total. The van der Waals surface area contributed by atoms with E-state index >= 15 is 0 Å². The van der Waals surface area contributed by atoms with Gasteiger partial charge in [0.1, 0.15) is 36.1 Å². The van der Waals surface area contributed by atoms with Crippen molar-refractivity contribution in [2.75, 3.05) is 27.4 Å². The van der Waals surface area contributed by atoms with E-state index in [4.69, 9.17) is 23.7 Å². The number of ether oxygens (including phenoxy) is 5. The fraction of sp³-hybridized carbons (Fsp3) is 0.435. The number of halogens is 1. The minimum atomic E-state index is -0.487. The molecule has 164 valence electrons. The number of carbonyl (C=O) groups is 1. The van der Waals surface area contributed by atoms with Gasteiger partial charge in [-0.05, 0) is 25.1 Å². The molecule has 8 heteroatoms. The first kappa shape index (κ1) is 20.7. The number of aliphatic hydroxyl groups is 1. The van der Waals surface area contributed by atoms with Crippen molar-refractivity contribution in [3.63, 3.8) is 0 Å². The maximum atomic E-state index is 13.6. The Hall–Kier alpha value is -2.20. The van der Waals surface area contributed by atoms with Gasteiger partial charge in [-0.2, -0.15) is 0 Å². The van der Waals surface area contributed by atoms with Crippen LogP contribution in [-0.4, -0.2) is 54.0 Å². The first-order chi connectivity index (χ1) is 14.9. The van der Waals surface area contributed by atoms with Crippen molar-refractivity contribution in [1.29, 1.82) is 0 Å². The number of rotatable bonds is 4. The highest BCUT2D eigenvalue weighted by Crippen LogP contribution is 2.50. The largest absolute Gasteiger partial charge is 0.493 e. The molecule has 1 N–H and O–H groups in total. The van der Waals surface area contributed by atoms with Crippen molar-refractivity contribution < 1.29 is 33.6 Å². The van der Waals surface area contributed by atoms with E-state index in [2.05, 4.69) is 22.6 Å². The van der Waals surface area contributed by atoms with E-state index in [-0.39, 0.29) is 25.1 Å². The average Bonchev–Trinajstić information content (AvgIpc) is 3.23. The van der Waals surface area contributed by atoms with Crippen LogP contribution in [0.5, 0.6) is 28.7 Å². The van der Waals surface area contributed by atoms with Gasteiger partial charge in [0, 0.05) is 23.6 Å². The van der Waals surface area contributed by atoms with Crippen LogP contribution >= 0.6 is 22.6 Å². The number of methoxy groups -OCH3 is 2. The number of Topliss-reactive ketones (excluding diaryl/α,β-unsaturated/α-hetero) is 1. The lowest BCUT2D eigenvalue weighted by molar-refractivity contribution is 0.0554. The minimum absolute atomic E-state index is 0.00515. The molecule has 0 fully saturated rings. The van der Waals surface area contributed by atoms with Crippen LogP contribution in [0.15, 0.2) is 24.3 Å². The number of alkyl halides is 1. The van der Waals surface area contributed by atoms with E-state index in [1.165, 1.54) is 0 Å². The molecule has 2 aromatic carbocycles. The molecule has 2 aromatic rings. The molecular weight excluding hydrogens is 511 g/mol. The number of fused-ring (bicyclic) bond motifs is 6. The van der Waals surface area contributed by atoms with Gasteiger partial charge in [0.05, 0.1) is 35.7 Å². The van der Waals surface area contributed by atoms with E-state index in [9.17, 15) is 9.90 Å². The standard InChI is InChI=1S/C23H23IO7/c1-23(24,10-25)19-7-13-14(30-19)5-4-11-21(26)20-12-6-16(27-2)17(28-3)8-15(12)29-9-18(20)31-22(11)13/h4-6,8,18-20,25H,7,9-10H2,1-3H3/t18-,19?,20+,23+/m1/s1/i24-4. The van der Waals surface area contributed by atoms with Crippen molar-refractivity contribution in [2.45, 2.75) is 34.9 Å². The number of benzene rings is 2. The first-order valence-corrected chi connectivity index (χ1v) is 11.2. The van der Waals surface area contributed by atoms with E-state index in [1.807, 2.05) is 13.0 Å². The quantitative estimate of drug-likeness (QED) is 0.476. The van der Waals surface area contributed by atoms with Crippen LogP contribution < -0.4 is 23.7 Å². The van der Waals surface area contributed by atoms with E-state index in [0.29, 0.717) is 40.7 Å². The molecular formula is C23H23IO7. The summed E-state index contributed by atoms with van der Waals surface area (Å²) >= 11 is 2.22. The maximum absolute atomic E-state index is 13.6. The zero-order valence-electron chi connectivity index (χ0n) is 17.4. The molecule has 1 unspecified atom stereocenters. The summed E-state index contributed by atoms with van der Waals surface area (Å²) in [5.74, 6) is 2.48. The van der Waals surface area contributed by atoms with Gasteiger partial charge in [-0.3, -0.25) is 4.79 Å². The Balaban J connectivity index is 1.55. The van der Waals surface area contributed by atoms with Crippen molar-refractivity contribution in [3.05, 3.63) is 41.0 Å². The Labute approximate surface area is 193 Å². The first-order valence-electron chi connectivity index (χ1n) is 10.1. The molecule has 0 amide bonds. The minimum Gasteiger partial charge on any atom is -0.493 e. The lowest BCUT2D eigenvalue weighted by Crippen LogP contribution is -2.43. The third kappa shape index (κ3) is 3.14. The SMILES string of the molecule is COc1cc2c(cc1OC)[C@@H]1C(=O)c3ccc4c(c3O[C@@H]1CO2)CC([C@@](C)([123I])CO)O4. The molecule has 0 aromatic heterocycles.